The van der Waals surface area contributed by atoms with Crippen LogP contribution in [0.2, 0.25) is 0 Å². The third-order valence-corrected chi connectivity index (χ3v) is 4.50. The van der Waals surface area contributed by atoms with Crippen LogP contribution in [0.3, 0.4) is 0 Å². The fraction of sp³-hybridized carbons (Fsp3) is 0.909. The minimum absolute atomic E-state index is 0.0661. The number of ether oxygens (including phenoxy) is 1. The molecule has 0 spiro atoms. The van der Waals surface area contributed by atoms with Crippen LogP contribution in [0, 0.1) is 0 Å². The maximum Gasteiger partial charge on any atom is 0.246 e. The molecule has 0 bridgehead atoms. The van der Waals surface area contributed by atoms with Crippen LogP contribution in [0.25, 0.3) is 0 Å². The molecule has 5 nitrogen and oxygen atoms in total. The molecule has 0 aliphatic carbocycles. The summed E-state index contributed by atoms with van der Waals surface area (Å²) >= 11 is 0. The molecular weight excluding hydrogens is 242 g/mol. The molecular formula is C11H23NO4S. The predicted octanol–water partition coefficient (Wildman–Crippen LogP) is 0.741. The molecule has 6 heteroatoms. The number of hydrogen-bond acceptors (Lipinski definition) is 4. The fourth-order valence-electron chi connectivity index (χ4n) is 0.776. The largest absolute Gasteiger partial charge is 0.366 e. The number of amides is 1. The lowest BCUT2D eigenvalue weighted by Crippen LogP contribution is -2.45. The molecule has 102 valence electrons. The van der Waals surface area contributed by atoms with Gasteiger partial charge in [0.2, 0.25) is 5.91 Å². The molecule has 17 heavy (non-hydrogen) atoms. The molecule has 1 N–H and O–H groups in total. The summed E-state index contributed by atoms with van der Waals surface area (Å²) in [5, 5.41) is 2.56. The van der Waals surface area contributed by atoms with E-state index >= 15 is 0 Å². The van der Waals surface area contributed by atoms with Crippen molar-refractivity contribution in [3.8, 4) is 0 Å². The van der Waals surface area contributed by atoms with Crippen LogP contribution in [-0.4, -0.2) is 44.1 Å². The van der Waals surface area contributed by atoms with Crippen molar-refractivity contribution in [3.63, 3.8) is 0 Å². The van der Waals surface area contributed by atoms with Crippen molar-refractivity contribution in [3.05, 3.63) is 0 Å². The highest BCUT2D eigenvalue weighted by Crippen LogP contribution is 2.13. The fourth-order valence-corrected chi connectivity index (χ4v) is 1.11. The second-order valence-corrected chi connectivity index (χ2v) is 8.36. The van der Waals surface area contributed by atoms with Crippen molar-refractivity contribution in [2.24, 2.45) is 0 Å². The predicted molar refractivity (Wildman–Crippen MR) is 67.6 cm³/mol. The van der Waals surface area contributed by atoms with E-state index in [1.54, 1.807) is 13.8 Å². The highest BCUT2D eigenvalue weighted by atomic mass is 32.2. The van der Waals surface area contributed by atoms with Gasteiger partial charge in [-0.25, -0.2) is 8.42 Å². The molecule has 1 amide bonds. The van der Waals surface area contributed by atoms with Crippen LogP contribution >= 0.6 is 0 Å². The Morgan fingerprint density at radius 2 is 1.65 bits per heavy atom. The van der Waals surface area contributed by atoms with Crippen LogP contribution in [-0.2, 0) is 19.4 Å². The Bertz CT molecular complexity index is 365. The molecule has 0 fully saturated rings. The topological polar surface area (TPSA) is 72.5 Å². The van der Waals surface area contributed by atoms with E-state index in [4.69, 9.17) is 4.74 Å². The van der Waals surface area contributed by atoms with Crippen LogP contribution in [0.15, 0.2) is 0 Å². The summed E-state index contributed by atoms with van der Waals surface area (Å²) in [6.45, 7) is 8.71. The molecule has 0 aromatic rings. The molecule has 0 aliphatic rings. The number of hydrogen-bond donors (Lipinski definition) is 1. The van der Waals surface area contributed by atoms with Gasteiger partial charge in [-0.1, -0.05) is 0 Å². The van der Waals surface area contributed by atoms with Crippen molar-refractivity contribution < 1.29 is 17.9 Å². The van der Waals surface area contributed by atoms with E-state index in [1.807, 2.05) is 20.8 Å². The van der Waals surface area contributed by atoms with Gasteiger partial charge in [0, 0.05) is 12.8 Å². The highest BCUT2D eigenvalue weighted by Gasteiger charge is 2.30. The minimum Gasteiger partial charge on any atom is -0.366 e. The molecule has 0 rings (SSSR count). The Kier molecular flexibility index (Phi) is 5.16. The number of carbonyl (C=O) groups excluding carboxylic acids is 1. The Labute approximate surface area is 104 Å². The first-order valence-electron chi connectivity index (χ1n) is 5.45. The van der Waals surface area contributed by atoms with Gasteiger partial charge in [0.15, 0.2) is 9.84 Å². The average molecular weight is 265 g/mol. The zero-order valence-corrected chi connectivity index (χ0v) is 12.3. The summed E-state index contributed by atoms with van der Waals surface area (Å²) < 4.78 is 27.1. The smallest absolute Gasteiger partial charge is 0.246 e. The first kappa shape index (κ1) is 16.4. The molecule has 0 aliphatic heterocycles. The Balaban J connectivity index is 4.19. The normalized spacial score (nSPS) is 13.5. The van der Waals surface area contributed by atoms with E-state index in [9.17, 15) is 13.2 Å². The first-order chi connectivity index (χ1) is 7.35. The van der Waals surface area contributed by atoms with E-state index in [0.29, 0.717) is 0 Å². The van der Waals surface area contributed by atoms with E-state index in [2.05, 4.69) is 5.32 Å². The van der Waals surface area contributed by atoms with Crippen molar-refractivity contribution in [1.29, 1.82) is 0 Å². The van der Waals surface area contributed by atoms with Gasteiger partial charge in [0.25, 0.3) is 0 Å². The highest BCUT2D eigenvalue weighted by molar-refractivity contribution is 7.92. The number of nitrogens with one attached hydrogen (secondary N) is 1. The standard InChI is InChI=1S/C11H23NO4S/c1-10(2,3)16-7-9(13)12-8-11(4,5)17(6,14)15/h7-8H2,1-6H3,(H,12,13). The van der Waals surface area contributed by atoms with Crippen molar-refractivity contribution in [1.82, 2.24) is 5.32 Å². The number of sulfone groups is 1. The van der Waals surface area contributed by atoms with E-state index in [-0.39, 0.29) is 24.7 Å². The van der Waals surface area contributed by atoms with Gasteiger partial charge < -0.3 is 10.1 Å². The van der Waals surface area contributed by atoms with E-state index in [0.717, 1.165) is 6.26 Å². The Hall–Kier alpha value is -0.620. The summed E-state index contributed by atoms with van der Waals surface area (Å²) in [6.07, 6.45) is 1.16. The molecule has 0 heterocycles. The lowest BCUT2D eigenvalue weighted by atomic mass is 10.2. The molecule has 0 saturated carbocycles. The quantitative estimate of drug-likeness (QED) is 0.796. The van der Waals surface area contributed by atoms with Crippen LogP contribution in [0.1, 0.15) is 34.6 Å². The van der Waals surface area contributed by atoms with Crippen molar-refractivity contribution in [2.75, 3.05) is 19.4 Å². The second kappa shape index (κ2) is 5.35. The summed E-state index contributed by atoms with van der Waals surface area (Å²) in [5.41, 5.74) is -0.385. The summed E-state index contributed by atoms with van der Waals surface area (Å²) in [5.74, 6) is -0.309. The Morgan fingerprint density at radius 3 is 2.00 bits per heavy atom. The van der Waals surface area contributed by atoms with E-state index in [1.165, 1.54) is 0 Å². The third kappa shape index (κ3) is 6.63. The monoisotopic (exact) mass is 265 g/mol. The molecule has 0 radical (unpaired) electrons. The van der Waals surface area contributed by atoms with Gasteiger partial charge in [-0.15, -0.1) is 0 Å². The molecule has 0 saturated heterocycles. The van der Waals surface area contributed by atoms with Crippen LogP contribution in [0.4, 0.5) is 0 Å². The summed E-state index contributed by atoms with van der Waals surface area (Å²) in [4.78, 5) is 11.4. The van der Waals surface area contributed by atoms with Crippen LogP contribution in [0.5, 0.6) is 0 Å². The zero-order valence-electron chi connectivity index (χ0n) is 11.5. The molecule has 0 atom stereocenters. The van der Waals surface area contributed by atoms with Gasteiger partial charge in [-0.05, 0) is 34.6 Å². The average Bonchev–Trinajstić information content (AvgIpc) is 2.08. The van der Waals surface area contributed by atoms with Gasteiger partial charge in [-0.3, -0.25) is 4.79 Å². The summed E-state index contributed by atoms with van der Waals surface area (Å²) in [7, 11) is -3.20. The molecule has 0 unspecified atom stereocenters. The van der Waals surface area contributed by atoms with Gasteiger partial charge in [-0.2, -0.15) is 0 Å². The SMILES string of the molecule is CC(C)(C)OCC(=O)NCC(C)(C)S(C)(=O)=O. The zero-order chi connectivity index (χ0) is 13.9. The van der Waals surface area contributed by atoms with Gasteiger partial charge in [0.05, 0.1) is 10.3 Å². The third-order valence-electron chi connectivity index (χ3n) is 2.35. The maximum atomic E-state index is 11.4. The summed E-state index contributed by atoms with van der Waals surface area (Å²) in [6, 6.07) is 0. The maximum absolute atomic E-state index is 11.4. The lowest BCUT2D eigenvalue weighted by Gasteiger charge is -2.24. The van der Waals surface area contributed by atoms with Gasteiger partial charge >= 0.3 is 0 Å². The minimum atomic E-state index is -3.20. The van der Waals surface area contributed by atoms with Crippen LogP contribution < -0.4 is 5.32 Å². The first-order valence-corrected chi connectivity index (χ1v) is 7.34. The van der Waals surface area contributed by atoms with Gasteiger partial charge in [0.1, 0.15) is 6.61 Å². The number of rotatable bonds is 5. The lowest BCUT2D eigenvalue weighted by molar-refractivity contribution is -0.130. The van der Waals surface area contributed by atoms with Crippen molar-refractivity contribution in [2.45, 2.75) is 45.0 Å². The van der Waals surface area contributed by atoms with Crippen molar-refractivity contribution >= 4 is 15.7 Å². The Morgan fingerprint density at radius 1 is 1.18 bits per heavy atom. The number of carbonyl (C=O) groups is 1. The molecule has 0 aromatic heterocycles. The molecule has 0 aromatic carbocycles. The second-order valence-electron chi connectivity index (χ2n) is 5.71. The van der Waals surface area contributed by atoms with E-state index < -0.39 is 14.6 Å².